The molecule has 0 aromatic carbocycles. The second-order valence-electron chi connectivity index (χ2n) is 6.57. The summed E-state index contributed by atoms with van der Waals surface area (Å²) in [6, 6.07) is 0. The van der Waals surface area contributed by atoms with Gasteiger partial charge < -0.3 is 15.3 Å². The summed E-state index contributed by atoms with van der Waals surface area (Å²) in [5, 5.41) is 12.5. The van der Waals surface area contributed by atoms with E-state index in [4.69, 9.17) is 10.1 Å². The second kappa shape index (κ2) is 8.50. The summed E-state index contributed by atoms with van der Waals surface area (Å²) in [4.78, 5) is 7.11. The Bertz CT molecular complexity index is 302. The van der Waals surface area contributed by atoms with Crippen LogP contribution in [0.15, 0.2) is 4.99 Å². The minimum Gasteiger partial charge on any atom is -0.396 e. The Hall–Kier alpha value is -0.770. The van der Waals surface area contributed by atoms with Crippen LogP contribution in [-0.2, 0) is 0 Å². The van der Waals surface area contributed by atoms with Gasteiger partial charge in [-0.15, -0.1) is 0 Å². The van der Waals surface area contributed by atoms with Crippen molar-refractivity contribution in [2.24, 2.45) is 16.3 Å². The largest absolute Gasteiger partial charge is 0.396 e. The van der Waals surface area contributed by atoms with Crippen LogP contribution in [0.2, 0.25) is 0 Å². The molecule has 0 spiro atoms. The van der Waals surface area contributed by atoms with Crippen molar-refractivity contribution in [3.05, 3.63) is 0 Å². The zero-order valence-corrected chi connectivity index (χ0v) is 13.8. The molecule has 1 aliphatic rings. The van der Waals surface area contributed by atoms with Crippen LogP contribution in [0.4, 0.5) is 0 Å². The molecule has 20 heavy (non-hydrogen) atoms. The van der Waals surface area contributed by atoms with Crippen LogP contribution in [0.5, 0.6) is 0 Å². The molecule has 2 N–H and O–H groups in total. The van der Waals surface area contributed by atoms with Gasteiger partial charge in [0.1, 0.15) is 0 Å². The van der Waals surface area contributed by atoms with Crippen molar-refractivity contribution in [2.45, 2.75) is 53.4 Å². The van der Waals surface area contributed by atoms with Gasteiger partial charge in [0, 0.05) is 32.8 Å². The summed E-state index contributed by atoms with van der Waals surface area (Å²) >= 11 is 0. The minimum atomic E-state index is 0.205. The molecule has 0 aromatic rings. The van der Waals surface area contributed by atoms with E-state index in [0.29, 0.717) is 12.0 Å². The molecule has 1 heterocycles. The first-order valence-corrected chi connectivity index (χ1v) is 8.18. The van der Waals surface area contributed by atoms with Gasteiger partial charge >= 0.3 is 0 Å². The van der Waals surface area contributed by atoms with Gasteiger partial charge in [-0.1, -0.05) is 27.2 Å². The first-order chi connectivity index (χ1) is 9.54. The average Bonchev–Trinajstić information content (AvgIpc) is 2.43. The molecular formula is C16H33N3O. The van der Waals surface area contributed by atoms with E-state index in [1.54, 1.807) is 0 Å². The quantitative estimate of drug-likeness (QED) is 0.581. The number of nitrogens with one attached hydrogen (secondary N) is 1. The maximum atomic E-state index is 9.14. The van der Waals surface area contributed by atoms with E-state index in [1.807, 2.05) is 6.92 Å². The van der Waals surface area contributed by atoms with Crippen LogP contribution in [-0.4, -0.2) is 48.8 Å². The molecule has 2 atom stereocenters. The summed E-state index contributed by atoms with van der Waals surface area (Å²) < 4.78 is 0. The molecule has 2 unspecified atom stereocenters. The van der Waals surface area contributed by atoms with Crippen molar-refractivity contribution in [1.82, 2.24) is 10.2 Å². The zero-order chi connectivity index (χ0) is 15.0. The van der Waals surface area contributed by atoms with E-state index in [0.717, 1.165) is 25.6 Å². The number of aliphatic hydroxyl groups excluding tert-OH is 1. The molecule has 1 saturated heterocycles. The predicted molar refractivity (Wildman–Crippen MR) is 86.1 cm³/mol. The maximum Gasteiger partial charge on any atom is 0.193 e. The van der Waals surface area contributed by atoms with Gasteiger partial charge in [0.25, 0.3) is 0 Å². The maximum absolute atomic E-state index is 9.14. The van der Waals surface area contributed by atoms with E-state index < -0.39 is 0 Å². The van der Waals surface area contributed by atoms with Crippen molar-refractivity contribution < 1.29 is 5.11 Å². The summed E-state index contributed by atoms with van der Waals surface area (Å²) in [6.07, 6.45) is 5.11. The Morgan fingerprint density at radius 1 is 1.45 bits per heavy atom. The molecule has 0 bridgehead atoms. The number of hydrogen-bond acceptors (Lipinski definition) is 2. The predicted octanol–water partition coefficient (Wildman–Crippen LogP) is 2.48. The third kappa shape index (κ3) is 5.31. The summed E-state index contributed by atoms with van der Waals surface area (Å²) in [5.41, 5.74) is 0.422. The van der Waals surface area contributed by atoms with Gasteiger partial charge in [0.15, 0.2) is 5.96 Å². The van der Waals surface area contributed by atoms with Crippen molar-refractivity contribution >= 4 is 5.96 Å². The number of piperidine rings is 1. The Balaban J connectivity index is 2.70. The lowest BCUT2D eigenvalue weighted by Crippen LogP contribution is -2.50. The SMILES string of the molecule is CCCC1(C)CCCN(C(=NCC(C)CO)NCC)C1. The van der Waals surface area contributed by atoms with Gasteiger partial charge in [0.05, 0.1) is 0 Å². The molecule has 118 valence electrons. The lowest BCUT2D eigenvalue weighted by molar-refractivity contribution is 0.142. The Morgan fingerprint density at radius 3 is 2.80 bits per heavy atom. The first-order valence-electron chi connectivity index (χ1n) is 8.18. The van der Waals surface area contributed by atoms with Crippen LogP contribution >= 0.6 is 0 Å². The Kier molecular flexibility index (Phi) is 7.35. The fourth-order valence-electron chi connectivity index (χ4n) is 3.03. The molecule has 4 heteroatoms. The average molecular weight is 283 g/mol. The Labute approximate surface area is 124 Å². The highest BCUT2D eigenvalue weighted by molar-refractivity contribution is 5.80. The normalized spacial score (nSPS) is 25.6. The van der Waals surface area contributed by atoms with Crippen LogP contribution in [0.1, 0.15) is 53.4 Å². The topological polar surface area (TPSA) is 47.9 Å². The lowest BCUT2D eigenvalue weighted by Gasteiger charge is -2.42. The van der Waals surface area contributed by atoms with Crippen molar-refractivity contribution in [3.8, 4) is 0 Å². The molecular weight excluding hydrogens is 250 g/mol. The van der Waals surface area contributed by atoms with E-state index in [-0.39, 0.29) is 12.5 Å². The highest BCUT2D eigenvalue weighted by atomic mass is 16.3. The number of aliphatic imine (C=N–C) groups is 1. The van der Waals surface area contributed by atoms with E-state index in [9.17, 15) is 0 Å². The Morgan fingerprint density at radius 2 is 2.20 bits per heavy atom. The molecule has 0 amide bonds. The van der Waals surface area contributed by atoms with Crippen LogP contribution in [0, 0.1) is 11.3 Å². The van der Waals surface area contributed by atoms with Crippen molar-refractivity contribution in [3.63, 3.8) is 0 Å². The van der Waals surface area contributed by atoms with E-state index in [1.165, 1.54) is 25.7 Å². The smallest absolute Gasteiger partial charge is 0.193 e. The molecule has 0 aliphatic carbocycles. The lowest BCUT2D eigenvalue weighted by atomic mass is 9.78. The van der Waals surface area contributed by atoms with Gasteiger partial charge in [-0.05, 0) is 37.5 Å². The fraction of sp³-hybridized carbons (Fsp3) is 0.938. The highest BCUT2D eigenvalue weighted by Crippen LogP contribution is 2.33. The molecule has 1 aliphatic heterocycles. The van der Waals surface area contributed by atoms with Gasteiger partial charge in [-0.3, -0.25) is 4.99 Å². The summed E-state index contributed by atoms with van der Waals surface area (Å²) in [5.74, 6) is 1.25. The van der Waals surface area contributed by atoms with Crippen LogP contribution in [0.3, 0.4) is 0 Å². The molecule has 0 saturated carbocycles. The molecule has 1 fully saturated rings. The number of aliphatic hydroxyl groups is 1. The zero-order valence-electron chi connectivity index (χ0n) is 13.8. The number of nitrogens with zero attached hydrogens (tertiary/aromatic N) is 2. The van der Waals surface area contributed by atoms with Crippen LogP contribution < -0.4 is 5.32 Å². The third-order valence-electron chi connectivity index (χ3n) is 4.13. The molecule has 1 rings (SSSR count). The summed E-state index contributed by atoms with van der Waals surface area (Å²) in [7, 11) is 0. The highest BCUT2D eigenvalue weighted by Gasteiger charge is 2.31. The molecule has 0 radical (unpaired) electrons. The summed E-state index contributed by atoms with van der Waals surface area (Å²) in [6.45, 7) is 12.8. The van der Waals surface area contributed by atoms with Crippen molar-refractivity contribution in [2.75, 3.05) is 32.8 Å². The first kappa shape index (κ1) is 17.3. The van der Waals surface area contributed by atoms with Gasteiger partial charge in [0.2, 0.25) is 0 Å². The monoisotopic (exact) mass is 283 g/mol. The van der Waals surface area contributed by atoms with Crippen molar-refractivity contribution in [1.29, 1.82) is 0 Å². The van der Waals surface area contributed by atoms with E-state index >= 15 is 0 Å². The number of rotatable bonds is 6. The van der Waals surface area contributed by atoms with E-state index in [2.05, 4.69) is 31.0 Å². The molecule has 0 aromatic heterocycles. The third-order valence-corrected chi connectivity index (χ3v) is 4.13. The van der Waals surface area contributed by atoms with Crippen LogP contribution in [0.25, 0.3) is 0 Å². The van der Waals surface area contributed by atoms with Gasteiger partial charge in [-0.2, -0.15) is 0 Å². The number of hydrogen-bond donors (Lipinski definition) is 2. The fourth-order valence-corrected chi connectivity index (χ4v) is 3.03. The van der Waals surface area contributed by atoms with Gasteiger partial charge in [-0.25, -0.2) is 0 Å². The molecule has 4 nitrogen and oxygen atoms in total. The second-order valence-corrected chi connectivity index (χ2v) is 6.57. The number of likely N-dealkylation sites (tertiary alicyclic amines) is 1. The minimum absolute atomic E-state index is 0.205. The number of guanidine groups is 1. The standard InChI is InChI=1S/C16H33N3O/c1-5-8-16(4)9-7-10-19(13-16)15(17-6-2)18-11-14(3)12-20/h14,20H,5-13H2,1-4H3,(H,17,18).